The van der Waals surface area contributed by atoms with E-state index in [4.69, 9.17) is 10.5 Å². The molecule has 4 N–H and O–H groups in total. The van der Waals surface area contributed by atoms with E-state index >= 15 is 0 Å². The maximum atomic E-state index is 8.70. The molecule has 7 heavy (non-hydrogen) atoms. The minimum Gasteiger partial charge on any atom is -0.434 e. The van der Waals surface area contributed by atoms with Crippen LogP contribution in [0.1, 0.15) is 0 Å². The summed E-state index contributed by atoms with van der Waals surface area (Å²) < 4.78 is 0. The van der Waals surface area contributed by atoms with Gasteiger partial charge in [0, 0.05) is 12.8 Å². The molecular formula is C3H12N2OSi. The van der Waals surface area contributed by atoms with Gasteiger partial charge in [-0.25, -0.2) is 0 Å². The van der Waals surface area contributed by atoms with Crippen LogP contribution >= 0.6 is 0 Å². The Bertz CT molecular complexity index is 41.9. The number of nitrogens with one attached hydrogen (secondary N) is 1. The lowest BCUT2D eigenvalue weighted by molar-refractivity contribution is 0.565. The van der Waals surface area contributed by atoms with Crippen molar-refractivity contribution >= 4 is 9.04 Å². The molecule has 0 bridgehead atoms. The fourth-order valence-electron chi connectivity index (χ4n) is 0.292. The van der Waals surface area contributed by atoms with Crippen LogP contribution in [0.15, 0.2) is 0 Å². The maximum absolute atomic E-state index is 8.70. The predicted octanol–water partition coefficient (Wildman–Crippen LogP) is -1.62. The molecule has 0 fully saturated rings. The van der Waals surface area contributed by atoms with Gasteiger partial charge in [-0.15, -0.1) is 0 Å². The Kier molecular flexibility index (Phi) is 4.32. The monoisotopic (exact) mass is 120 g/mol. The Labute approximate surface area is 45.3 Å². The smallest absolute Gasteiger partial charge is 0.183 e. The highest BCUT2D eigenvalue weighted by molar-refractivity contribution is 6.48. The molecule has 0 saturated carbocycles. The molecule has 3 nitrogen and oxygen atoms in total. The third kappa shape index (κ3) is 6.10. The van der Waals surface area contributed by atoms with Gasteiger partial charge in [0.15, 0.2) is 9.04 Å². The van der Waals surface area contributed by atoms with Crippen LogP contribution in [-0.2, 0) is 0 Å². The van der Waals surface area contributed by atoms with E-state index < -0.39 is 9.04 Å². The summed E-state index contributed by atoms with van der Waals surface area (Å²) in [6.07, 6.45) is 0.719. The highest BCUT2D eigenvalue weighted by Gasteiger charge is 1.92. The van der Waals surface area contributed by atoms with Crippen molar-refractivity contribution in [1.29, 1.82) is 0 Å². The normalized spacial score (nSPS) is 14.1. The topological polar surface area (TPSA) is 58.3 Å². The molecule has 0 spiro atoms. The Hall–Kier alpha value is 0.0969. The predicted molar refractivity (Wildman–Crippen MR) is 32.3 cm³/mol. The van der Waals surface area contributed by atoms with Gasteiger partial charge in [0.2, 0.25) is 0 Å². The molecule has 0 radical (unpaired) electrons. The molecule has 4 heteroatoms. The summed E-state index contributed by atoms with van der Waals surface area (Å²) in [6.45, 7) is 2.32. The van der Waals surface area contributed by atoms with Crippen LogP contribution < -0.4 is 11.1 Å². The standard InChI is InChI=1S/C3H12N2OSi/c1-7(6)3-5-2-4/h5-7H,2-4H2,1H3. The molecule has 0 saturated heterocycles. The van der Waals surface area contributed by atoms with Crippen molar-refractivity contribution in [3.05, 3.63) is 0 Å². The third-order valence-electron chi connectivity index (χ3n) is 0.584. The summed E-state index contributed by atoms with van der Waals surface area (Å²) >= 11 is 0. The molecule has 44 valence electrons. The first kappa shape index (κ1) is 7.10. The highest BCUT2D eigenvalue weighted by atomic mass is 28.3. The Morgan fingerprint density at radius 2 is 2.43 bits per heavy atom. The molecule has 0 aliphatic rings. The summed E-state index contributed by atoms with van der Waals surface area (Å²) in [5, 5.41) is 2.84. The first-order valence-electron chi connectivity index (χ1n) is 2.36. The van der Waals surface area contributed by atoms with Crippen LogP contribution in [0.5, 0.6) is 0 Å². The van der Waals surface area contributed by atoms with E-state index in [1.54, 1.807) is 0 Å². The lowest BCUT2D eigenvalue weighted by atomic mass is 11.1. The number of hydrogen-bond acceptors (Lipinski definition) is 3. The van der Waals surface area contributed by atoms with Crippen LogP contribution in [0.25, 0.3) is 0 Å². The molecule has 1 unspecified atom stereocenters. The fourth-order valence-corrected chi connectivity index (χ4v) is 0.877. The van der Waals surface area contributed by atoms with E-state index in [1.807, 2.05) is 6.55 Å². The van der Waals surface area contributed by atoms with Crippen molar-refractivity contribution in [2.45, 2.75) is 6.55 Å². The van der Waals surface area contributed by atoms with Gasteiger partial charge >= 0.3 is 0 Å². The summed E-state index contributed by atoms with van der Waals surface area (Å²) in [6, 6.07) is 0. The van der Waals surface area contributed by atoms with Crippen molar-refractivity contribution in [2.75, 3.05) is 12.8 Å². The molecule has 0 aromatic carbocycles. The average Bonchev–Trinajstić information content (AvgIpc) is 1.61. The number of nitrogens with two attached hydrogens (primary N) is 1. The van der Waals surface area contributed by atoms with Crippen molar-refractivity contribution in [2.24, 2.45) is 5.73 Å². The van der Waals surface area contributed by atoms with E-state index in [1.165, 1.54) is 0 Å². The second-order valence-electron chi connectivity index (χ2n) is 1.51. The van der Waals surface area contributed by atoms with Gasteiger partial charge in [-0.3, -0.25) is 0 Å². The largest absolute Gasteiger partial charge is 0.434 e. The van der Waals surface area contributed by atoms with E-state index in [9.17, 15) is 0 Å². The second kappa shape index (κ2) is 4.26. The highest BCUT2D eigenvalue weighted by Crippen LogP contribution is 1.64. The van der Waals surface area contributed by atoms with Gasteiger partial charge in [0.05, 0.1) is 0 Å². The average molecular weight is 120 g/mol. The first-order chi connectivity index (χ1) is 3.27. The van der Waals surface area contributed by atoms with Gasteiger partial charge in [-0.2, -0.15) is 0 Å². The number of hydrogen-bond donors (Lipinski definition) is 3. The van der Waals surface area contributed by atoms with E-state index in [0.29, 0.717) is 6.67 Å². The Balaban J connectivity index is 2.68. The third-order valence-corrected chi connectivity index (χ3v) is 1.46. The second-order valence-corrected chi connectivity index (χ2v) is 3.61. The van der Waals surface area contributed by atoms with Crippen molar-refractivity contribution in [3.8, 4) is 0 Å². The molecule has 0 aliphatic carbocycles. The Morgan fingerprint density at radius 3 is 2.57 bits per heavy atom. The SMILES string of the molecule is C[SiH](O)CNCN. The van der Waals surface area contributed by atoms with Gasteiger partial charge < -0.3 is 15.8 Å². The van der Waals surface area contributed by atoms with Crippen molar-refractivity contribution < 1.29 is 4.80 Å². The molecule has 0 heterocycles. The van der Waals surface area contributed by atoms with E-state index in [0.717, 1.165) is 6.17 Å². The van der Waals surface area contributed by atoms with Crippen molar-refractivity contribution in [3.63, 3.8) is 0 Å². The zero-order chi connectivity index (χ0) is 5.70. The molecule has 1 atom stereocenters. The number of rotatable bonds is 3. The minimum absolute atomic E-state index is 0.470. The van der Waals surface area contributed by atoms with Crippen LogP contribution in [-0.4, -0.2) is 26.7 Å². The van der Waals surface area contributed by atoms with Crippen LogP contribution in [0.2, 0.25) is 6.55 Å². The van der Waals surface area contributed by atoms with Gasteiger partial charge in [-0.05, 0) is 6.55 Å². The van der Waals surface area contributed by atoms with Gasteiger partial charge in [0.25, 0.3) is 0 Å². The zero-order valence-corrected chi connectivity index (χ0v) is 5.67. The summed E-state index contributed by atoms with van der Waals surface area (Å²) in [7, 11) is -1.38. The fraction of sp³-hybridized carbons (Fsp3) is 1.00. The zero-order valence-electron chi connectivity index (χ0n) is 4.52. The molecule has 0 aromatic rings. The Morgan fingerprint density at radius 1 is 1.86 bits per heavy atom. The van der Waals surface area contributed by atoms with Crippen LogP contribution in [0.3, 0.4) is 0 Å². The van der Waals surface area contributed by atoms with E-state index in [-0.39, 0.29) is 0 Å². The lowest BCUT2D eigenvalue weighted by Gasteiger charge is -1.99. The van der Waals surface area contributed by atoms with Crippen LogP contribution in [0.4, 0.5) is 0 Å². The first-order valence-corrected chi connectivity index (χ1v) is 4.85. The quantitative estimate of drug-likeness (QED) is 0.310. The van der Waals surface area contributed by atoms with Gasteiger partial charge in [-0.1, -0.05) is 0 Å². The molecule has 0 aliphatic heterocycles. The van der Waals surface area contributed by atoms with Gasteiger partial charge in [0.1, 0.15) is 0 Å². The molecule has 0 rings (SSSR count). The summed E-state index contributed by atoms with van der Waals surface area (Å²) in [5.74, 6) is 0. The summed E-state index contributed by atoms with van der Waals surface area (Å²) in [5.41, 5.74) is 5.08. The molecule has 0 aromatic heterocycles. The van der Waals surface area contributed by atoms with Crippen LogP contribution in [0, 0.1) is 0 Å². The minimum atomic E-state index is -1.38. The molecule has 0 amide bonds. The van der Waals surface area contributed by atoms with Crippen molar-refractivity contribution in [1.82, 2.24) is 5.32 Å². The molecular weight excluding hydrogens is 108 g/mol. The van der Waals surface area contributed by atoms with E-state index in [2.05, 4.69) is 5.32 Å². The maximum Gasteiger partial charge on any atom is 0.183 e. The lowest BCUT2D eigenvalue weighted by Crippen LogP contribution is -2.32. The summed E-state index contributed by atoms with van der Waals surface area (Å²) in [4.78, 5) is 8.70.